The van der Waals surface area contributed by atoms with Gasteiger partial charge in [-0.1, -0.05) is 18.1 Å². The van der Waals surface area contributed by atoms with Gasteiger partial charge in [-0.2, -0.15) is 5.26 Å². The fraction of sp³-hybridized carbons (Fsp3) is 0.517. The monoisotopic (exact) mass is 548 g/mol. The molecule has 0 bridgehead atoms. The fourth-order valence-corrected chi connectivity index (χ4v) is 5.20. The summed E-state index contributed by atoms with van der Waals surface area (Å²) in [5.74, 6) is 1.02. The summed E-state index contributed by atoms with van der Waals surface area (Å²) in [6.07, 6.45) is 2.97. The minimum absolute atomic E-state index is 0.0973. The zero-order valence-electron chi connectivity index (χ0n) is 22.7. The maximum Gasteiger partial charge on any atom is 0.270 e. The van der Waals surface area contributed by atoms with Gasteiger partial charge in [-0.25, -0.2) is 14.4 Å². The van der Waals surface area contributed by atoms with Crippen molar-refractivity contribution in [2.24, 2.45) is 22.9 Å². The highest BCUT2D eigenvalue weighted by atomic mass is 19.1. The SMILES string of the molecule is Cc1nc(C(=O)NCc2ccc(F)c(OC[C@H]3CC3C)c2)cc(C2=NOC(C3CCN(C(=O)CC#N)CC3)C2)n1. The third-order valence-corrected chi connectivity index (χ3v) is 7.89. The first-order valence-corrected chi connectivity index (χ1v) is 13.7. The number of hydrogen-bond acceptors (Lipinski definition) is 8. The molecule has 3 aliphatic rings. The molecular weight excluding hydrogens is 515 g/mol. The van der Waals surface area contributed by atoms with Crippen LogP contribution in [0.4, 0.5) is 4.39 Å². The zero-order chi connectivity index (χ0) is 28.2. The molecule has 3 heterocycles. The summed E-state index contributed by atoms with van der Waals surface area (Å²) in [6.45, 7) is 5.74. The number of carbonyl (C=O) groups excluding carboxylic acids is 2. The maximum atomic E-state index is 14.2. The molecule has 2 unspecified atom stereocenters. The van der Waals surface area contributed by atoms with Crippen LogP contribution in [0.5, 0.6) is 5.75 Å². The van der Waals surface area contributed by atoms with Gasteiger partial charge in [0.25, 0.3) is 5.91 Å². The number of nitrogens with one attached hydrogen (secondary N) is 1. The molecule has 0 spiro atoms. The van der Waals surface area contributed by atoms with Crippen molar-refractivity contribution in [2.75, 3.05) is 19.7 Å². The van der Waals surface area contributed by atoms with Gasteiger partial charge >= 0.3 is 0 Å². The Morgan fingerprint density at radius 2 is 2.02 bits per heavy atom. The second-order valence-electron chi connectivity index (χ2n) is 10.9. The van der Waals surface area contributed by atoms with E-state index in [-0.39, 0.29) is 48.2 Å². The molecule has 210 valence electrons. The highest BCUT2D eigenvalue weighted by molar-refractivity contribution is 6.02. The van der Waals surface area contributed by atoms with Crippen LogP contribution in [0.1, 0.15) is 66.6 Å². The van der Waals surface area contributed by atoms with Gasteiger partial charge in [-0.15, -0.1) is 0 Å². The van der Waals surface area contributed by atoms with Gasteiger partial charge < -0.3 is 19.8 Å². The molecule has 1 saturated heterocycles. The lowest BCUT2D eigenvalue weighted by Gasteiger charge is -2.33. The number of carbonyl (C=O) groups is 2. The number of likely N-dealkylation sites (tertiary alicyclic amines) is 1. The van der Waals surface area contributed by atoms with Crippen LogP contribution in [0.3, 0.4) is 0 Å². The van der Waals surface area contributed by atoms with Gasteiger partial charge in [0.2, 0.25) is 5.91 Å². The number of piperidine rings is 1. The first-order chi connectivity index (χ1) is 19.3. The number of ether oxygens (including phenoxy) is 1. The number of aromatic nitrogens is 2. The Kier molecular flexibility index (Phi) is 8.24. The second kappa shape index (κ2) is 12.0. The first kappa shape index (κ1) is 27.5. The van der Waals surface area contributed by atoms with E-state index in [1.807, 2.05) is 6.07 Å². The predicted molar refractivity (Wildman–Crippen MR) is 143 cm³/mol. The number of aryl methyl sites for hydroxylation is 1. The second-order valence-corrected chi connectivity index (χ2v) is 10.9. The highest BCUT2D eigenvalue weighted by Gasteiger charge is 2.35. The van der Waals surface area contributed by atoms with Crippen LogP contribution in [0.2, 0.25) is 0 Å². The molecule has 2 fully saturated rings. The Bertz CT molecular complexity index is 1350. The van der Waals surface area contributed by atoms with Crippen LogP contribution in [0, 0.1) is 41.8 Å². The Hall–Kier alpha value is -4.07. The van der Waals surface area contributed by atoms with E-state index in [9.17, 15) is 14.0 Å². The standard InChI is InChI=1S/C29H33FN6O4/c1-17-11-21(17)16-39-27-12-19(3-4-22(27)30)15-32-29(38)25-13-23(33-18(2)34-25)24-14-26(40-35-24)20-6-9-36(10-7-20)28(37)5-8-31/h3-4,12-13,17,20-21,26H,5-7,9-11,14-16H2,1-2H3,(H,32,38)/t17?,21-,26?/m1/s1. The van der Waals surface area contributed by atoms with Gasteiger partial charge in [-0.05, 0) is 61.8 Å². The molecule has 1 aromatic heterocycles. The van der Waals surface area contributed by atoms with Gasteiger partial charge in [0.05, 0.1) is 18.4 Å². The molecule has 2 amide bonds. The average Bonchev–Trinajstić information content (AvgIpc) is 3.43. The molecule has 11 heteroatoms. The van der Waals surface area contributed by atoms with E-state index in [2.05, 4.69) is 27.4 Å². The molecular formula is C29H33FN6O4. The van der Waals surface area contributed by atoms with Gasteiger partial charge in [-0.3, -0.25) is 9.59 Å². The number of oxime groups is 1. The maximum absolute atomic E-state index is 14.2. The van der Waals surface area contributed by atoms with Crippen molar-refractivity contribution in [1.29, 1.82) is 5.26 Å². The summed E-state index contributed by atoms with van der Waals surface area (Å²) in [5.41, 5.74) is 2.11. The highest BCUT2D eigenvalue weighted by Crippen LogP contribution is 2.38. The summed E-state index contributed by atoms with van der Waals surface area (Å²) >= 11 is 0. The molecule has 1 aromatic carbocycles. The third-order valence-electron chi connectivity index (χ3n) is 7.89. The van der Waals surface area contributed by atoms with Gasteiger partial charge in [0, 0.05) is 32.0 Å². The summed E-state index contributed by atoms with van der Waals surface area (Å²) in [4.78, 5) is 41.2. The van der Waals surface area contributed by atoms with E-state index in [1.54, 1.807) is 30.0 Å². The van der Waals surface area contributed by atoms with Crippen molar-refractivity contribution in [1.82, 2.24) is 20.2 Å². The van der Waals surface area contributed by atoms with E-state index in [4.69, 9.17) is 14.8 Å². The van der Waals surface area contributed by atoms with Crippen LogP contribution in [-0.2, 0) is 16.2 Å². The largest absolute Gasteiger partial charge is 0.490 e. The Labute approximate surface area is 232 Å². The van der Waals surface area contributed by atoms with Crippen molar-refractivity contribution < 1.29 is 23.6 Å². The van der Waals surface area contributed by atoms with Gasteiger partial charge in [0.15, 0.2) is 11.6 Å². The van der Waals surface area contributed by atoms with Crippen molar-refractivity contribution in [3.05, 3.63) is 52.9 Å². The van der Waals surface area contributed by atoms with E-state index in [0.29, 0.717) is 55.2 Å². The van der Waals surface area contributed by atoms with Crippen molar-refractivity contribution in [2.45, 2.75) is 58.6 Å². The molecule has 1 saturated carbocycles. The quantitative estimate of drug-likeness (QED) is 0.507. The molecule has 2 aliphatic heterocycles. The summed E-state index contributed by atoms with van der Waals surface area (Å²) in [5, 5.41) is 15.9. The molecule has 1 N–H and O–H groups in total. The lowest BCUT2D eigenvalue weighted by Crippen LogP contribution is -2.41. The topological polar surface area (TPSA) is 130 Å². The molecule has 5 rings (SSSR count). The number of hydrogen-bond donors (Lipinski definition) is 1. The van der Waals surface area contributed by atoms with Crippen LogP contribution >= 0.6 is 0 Å². The Morgan fingerprint density at radius 1 is 1.25 bits per heavy atom. The molecule has 0 radical (unpaired) electrons. The molecule has 40 heavy (non-hydrogen) atoms. The Balaban J connectivity index is 1.16. The fourth-order valence-electron chi connectivity index (χ4n) is 5.20. The average molecular weight is 549 g/mol. The van der Waals surface area contributed by atoms with Crippen LogP contribution in [-0.4, -0.2) is 58.2 Å². The number of nitrogens with zero attached hydrogens (tertiary/aromatic N) is 5. The predicted octanol–water partition coefficient (Wildman–Crippen LogP) is 3.53. The van der Waals surface area contributed by atoms with Crippen LogP contribution in [0.25, 0.3) is 0 Å². The number of rotatable bonds is 9. The molecule has 3 atom stereocenters. The van der Waals surface area contributed by atoms with Crippen molar-refractivity contribution >= 4 is 17.5 Å². The number of halogens is 1. The summed E-state index contributed by atoms with van der Waals surface area (Å²) < 4.78 is 19.9. The molecule has 2 aromatic rings. The number of nitriles is 1. The number of benzene rings is 1. The van der Waals surface area contributed by atoms with E-state index in [0.717, 1.165) is 24.8 Å². The van der Waals surface area contributed by atoms with Crippen molar-refractivity contribution in [3.8, 4) is 11.8 Å². The smallest absolute Gasteiger partial charge is 0.270 e. The van der Waals surface area contributed by atoms with Gasteiger partial charge in [0.1, 0.15) is 29.8 Å². The minimum atomic E-state index is -0.421. The van der Waals surface area contributed by atoms with E-state index in [1.165, 1.54) is 6.07 Å². The third kappa shape index (κ3) is 6.55. The summed E-state index contributed by atoms with van der Waals surface area (Å²) in [6, 6.07) is 8.10. The molecule has 10 nitrogen and oxygen atoms in total. The zero-order valence-corrected chi connectivity index (χ0v) is 22.7. The Morgan fingerprint density at radius 3 is 2.75 bits per heavy atom. The van der Waals surface area contributed by atoms with Crippen LogP contribution < -0.4 is 10.1 Å². The van der Waals surface area contributed by atoms with Crippen LogP contribution in [0.15, 0.2) is 29.4 Å². The lowest BCUT2D eigenvalue weighted by molar-refractivity contribution is -0.132. The summed E-state index contributed by atoms with van der Waals surface area (Å²) in [7, 11) is 0. The lowest BCUT2D eigenvalue weighted by atomic mass is 9.88. The number of amides is 2. The molecule has 1 aliphatic carbocycles. The normalized spacial score (nSPS) is 22.2. The van der Waals surface area contributed by atoms with E-state index < -0.39 is 5.82 Å². The van der Waals surface area contributed by atoms with E-state index >= 15 is 0 Å². The van der Waals surface area contributed by atoms with Crippen molar-refractivity contribution in [3.63, 3.8) is 0 Å². The first-order valence-electron chi connectivity index (χ1n) is 13.7. The minimum Gasteiger partial charge on any atom is -0.490 e.